The van der Waals surface area contributed by atoms with Gasteiger partial charge in [0.2, 0.25) is 0 Å². The molecule has 234 valence electrons. The topological polar surface area (TPSA) is 173 Å². The van der Waals surface area contributed by atoms with E-state index in [-0.39, 0.29) is 11.6 Å². The van der Waals surface area contributed by atoms with Gasteiger partial charge in [-0.2, -0.15) is 0 Å². The number of fused-ring (bicyclic) bond motifs is 2. The number of aliphatic hydroxyl groups excluding tert-OH is 3. The molecule has 0 spiro atoms. The Hall–Kier alpha value is -3.22. The Morgan fingerprint density at radius 2 is 1.88 bits per heavy atom. The lowest BCUT2D eigenvalue weighted by molar-refractivity contribution is -0.117. The average Bonchev–Trinajstić information content (AvgIpc) is 2.94. The van der Waals surface area contributed by atoms with Gasteiger partial charge in [0.1, 0.15) is 18.3 Å². The molecule has 8 atom stereocenters. The summed E-state index contributed by atoms with van der Waals surface area (Å²) in [5.41, 5.74) is 7.41. The molecule has 1 heterocycles. The van der Waals surface area contributed by atoms with Gasteiger partial charge in [0, 0.05) is 43.6 Å². The summed E-state index contributed by atoms with van der Waals surface area (Å²) in [5.74, 6) is -0.989. The van der Waals surface area contributed by atoms with Crippen LogP contribution in [0.2, 0.25) is 0 Å². The summed E-state index contributed by atoms with van der Waals surface area (Å²) in [5, 5.41) is 39.4. The lowest BCUT2D eigenvalue weighted by atomic mass is 9.84. The minimum absolute atomic E-state index is 0.106. The van der Waals surface area contributed by atoms with Gasteiger partial charge in [-0.1, -0.05) is 44.2 Å². The molecule has 11 nitrogen and oxygen atoms in total. The number of primary amides is 1. The van der Waals surface area contributed by atoms with Crippen LogP contribution >= 0.6 is 0 Å². The van der Waals surface area contributed by atoms with Gasteiger partial charge < -0.3 is 45.9 Å². The lowest BCUT2D eigenvalue weighted by Gasteiger charge is -2.33. The van der Waals surface area contributed by atoms with Crippen molar-refractivity contribution in [2.75, 3.05) is 20.8 Å². The summed E-state index contributed by atoms with van der Waals surface area (Å²) >= 11 is 0. The smallest absolute Gasteiger partial charge is 0.405 e. The van der Waals surface area contributed by atoms with Gasteiger partial charge in [-0.15, -0.1) is 6.58 Å². The first kappa shape index (κ1) is 35.0. The predicted molar refractivity (Wildman–Crippen MR) is 160 cm³/mol. The fourth-order valence-corrected chi connectivity index (χ4v) is 5.24. The van der Waals surface area contributed by atoms with Gasteiger partial charge in [0.25, 0.3) is 5.91 Å². The van der Waals surface area contributed by atoms with Gasteiger partial charge in [-0.25, -0.2) is 4.79 Å². The Balaban J connectivity index is 2.60. The number of allylic oxidation sites excluding steroid dienone is 2. The number of nitrogens with one attached hydrogen (secondary N) is 2. The molecule has 2 amide bonds. The lowest BCUT2D eigenvalue weighted by Crippen LogP contribution is -2.40. The van der Waals surface area contributed by atoms with Crippen LogP contribution in [-0.2, 0) is 19.0 Å². The minimum atomic E-state index is -1.18. The van der Waals surface area contributed by atoms with Gasteiger partial charge in [0.05, 0.1) is 12.2 Å². The number of carbonyl (C=O) groups excluding carboxylic acids is 2. The van der Waals surface area contributed by atoms with Crippen molar-refractivity contribution in [3.63, 3.8) is 0 Å². The summed E-state index contributed by atoms with van der Waals surface area (Å²) in [4.78, 5) is 24.8. The number of ether oxygens (including phenoxy) is 3. The normalized spacial score (nSPS) is 35.1. The Kier molecular flexibility index (Phi) is 13.7. The van der Waals surface area contributed by atoms with Crippen molar-refractivity contribution < 1.29 is 39.1 Å². The third-order valence-electron chi connectivity index (χ3n) is 7.52. The van der Waals surface area contributed by atoms with E-state index in [1.807, 2.05) is 13.8 Å². The Morgan fingerprint density at radius 3 is 2.48 bits per heavy atom. The number of aliphatic hydroxyl groups is 3. The minimum Gasteiger partial charge on any atom is -0.439 e. The maximum Gasteiger partial charge on any atom is 0.405 e. The Bertz CT molecular complexity index is 1130. The molecular formula is C31H47N3O8. The Morgan fingerprint density at radius 1 is 1.19 bits per heavy atom. The SMILES string of the molecule is C=CCNC1=C2C[C@@H](C)C[C@H](OC)[C@H](O)[C@@H](C)/C=C(\C)[C@H](OC(N)=O)[C@@H](OC)/C=C/C=C(/C)C(=O)NC(=CC1O)C2O. The number of carbonyl (C=O) groups is 2. The van der Waals surface area contributed by atoms with E-state index in [0.29, 0.717) is 41.8 Å². The second-order valence-corrected chi connectivity index (χ2v) is 10.9. The molecule has 2 bridgehead atoms. The molecule has 11 heteroatoms. The van der Waals surface area contributed by atoms with Crippen molar-refractivity contribution in [1.82, 2.24) is 10.6 Å². The number of methoxy groups -OCH3 is 2. The molecule has 0 fully saturated rings. The monoisotopic (exact) mass is 589 g/mol. The van der Waals surface area contributed by atoms with E-state index >= 15 is 0 Å². The maximum atomic E-state index is 13.0. The number of hydrogen-bond acceptors (Lipinski definition) is 9. The molecule has 1 aliphatic heterocycles. The number of amides is 2. The second-order valence-electron chi connectivity index (χ2n) is 10.9. The third-order valence-corrected chi connectivity index (χ3v) is 7.52. The molecule has 0 aromatic heterocycles. The fraction of sp³-hybridized carbons (Fsp3) is 0.548. The van der Waals surface area contributed by atoms with Crippen LogP contribution in [0.1, 0.15) is 40.5 Å². The molecule has 2 aliphatic rings. The van der Waals surface area contributed by atoms with E-state index in [1.165, 1.54) is 20.3 Å². The first-order valence-electron chi connectivity index (χ1n) is 14.0. The summed E-state index contributed by atoms with van der Waals surface area (Å²) < 4.78 is 16.6. The number of hydrogen-bond donors (Lipinski definition) is 6. The highest BCUT2D eigenvalue weighted by Crippen LogP contribution is 2.31. The summed E-state index contributed by atoms with van der Waals surface area (Å²) in [6, 6.07) is 0. The molecule has 2 unspecified atom stereocenters. The highest BCUT2D eigenvalue weighted by Gasteiger charge is 2.33. The zero-order valence-corrected chi connectivity index (χ0v) is 25.4. The molecule has 0 saturated carbocycles. The van der Waals surface area contributed by atoms with E-state index in [2.05, 4.69) is 17.2 Å². The Labute approximate surface area is 248 Å². The first-order valence-corrected chi connectivity index (χ1v) is 14.0. The van der Waals surface area contributed by atoms with E-state index in [4.69, 9.17) is 19.9 Å². The van der Waals surface area contributed by atoms with Crippen molar-refractivity contribution in [2.24, 2.45) is 17.6 Å². The number of rotatable bonds is 6. The van der Waals surface area contributed by atoms with Crippen molar-refractivity contribution >= 4 is 12.0 Å². The van der Waals surface area contributed by atoms with Crippen LogP contribution in [-0.4, -0.2) is 84.7 Å². The molecule has 7 N–H and O–H groups in total. The van der Waals surface area contributed by atoms with Crippen LogP contribution in [0.15, 0.2) is 71.1 Å². The van der Waals surface area contributed by atoms with Crippen LogP contribution in [0.25, 0.3) is 0 Å². The molecular weight excluding hydrogens is 542 g/mol. The van der Waals surface area contributed by atoms with Crippen LogP contribution in [0.4, 0.5) is 4.79 Å². The predicted octanol–water partition coefficient (Wildman–Crippen LogP) is 2.12. The summed E-state index contributed by atoms with van der Waals surface area (Å²) in [6.45, 7) is 11.2. The van der Waals surface area contributed by atoms with Crippen molar-refractivity contribution in [2.45, 2.75) is 77.2 Å². The van der Waals surface area contributed by atoms with Crippen LogP contribution in [0.5, 0.6) is 0 Å². The quantitative estimate of drug-likeness (QED) is 0.254. The largest absolute Gasteiger partial charge is 0.439 e. The van der Waals surface area contributed by atoms with Crippen molar-refractivity contribution in [3.05, 3.63) is 71.1 Å². The standard InChI is InChI=1S/C31H47N3O8/c1-8-12-33-26-21-13-17(2)14-25(41-7)27(36)19(4)15-20(5)29(42-31(32)39)24(40-6)11-9-10-18(3)30(38)34-22(28(21)37)16-23(26)35/h8-11,15-17,19,23-25,27-29,33,35-37H,1,12-14H2,2-7H3,(H2,32,39)(H,34,38)/b11-9+,18-10-,20-15+/t17-,19+,23?,24+,25+,27-,28?,29+/m1/s1. The van der Waals surface area contributed by atoms with E-state index in [9.17, 15) is 24.9 Å². The van der Waals surface area contributed by atoms with Gasteiger partial charge in [-0.3, -0.25) is 4.79 Å². The molecule has 42 heavy (non-hydrogen) atoms. The third kappa shape index (κ3) is 9.40. The van der Waals surface area contributed by atoms with Crippen LogP contribution in [0, 0.1) is 11.8 Å². The van der Waals surface area contributed by atoms with Crippen LogP contribution in [0.3, 0.4) is 0 Å². The average molecular weight is 590 g/mol. The van der Waals surface area contributed by atoms with E-state index < -0.39 is 54.5 Å². The van der Waals surface area contributed by atoms with Gasteiger partial charge >= 0.3 is 6.09 Å². The molecule has 0 aromatic carbocycles. The second kappa shape index (κ2) is 16.4. The van der Waals surface area contributed by atoms with E-state index in [0.717, 1.165) is 0 Å². The highest BCUT2D eigenvalue weighted by atomic mass is 16.6. The first-order chi connectivity index (χ1) is 19.8. The van der Waals surface area contributed by atoms with Gasteiger partial charge in [-0.05, 0) is 49.8 Å². The summed E-state index contributed by atoms with van der Waals surface area (Å²) in [7, 11) is 2.97. The molecule has 1 aliphatic carbocycles. The molecule has 0 aromatic rings. The van der Waals surface area contributed by atoms with E-state index in [1.54, 1.807) is 44.2 Å². The number of nitrogens with two attached hydrogens (primary N) is 1. The molecule has 0 radical (unpaired) electrons. The highest BCUT2D eigenvalue weighted by molar-refractivity contribution is 5.94. The summed E-state index contributed by atoms with van der Waals surface area (Å²) in [6.07, 6.45) is 3.96. The fourth-order valence-electron chi connectivity index (χ4n) is 5.24. The molecule has 2 rings (SSSR count). The zero-order valence-electron chi connectivity index (χ0n) is 25.4. The zero-order chi connectivity index (χ0) is 31.6. The molecule has 0 saturated heterocycles. The van der Waals surface area contributed by atoms with Gasteiger partial charge in [0.15, 0.2) is 6.10 Å². The maximum absolute atomic E-state index is 13.0. The van der Waals surface area contributed by atoms with Crippen LogP contribution < -0.4 is 16.4 Å². The van der Waals surface area contributed by atoms with Crippen molar-refractivity contribution in [3.8, 4) is 0 Å². The van der Waals surface area contributed by atoms with Crippen molar-refractivity contribution in [1.29, 1.82) is 0 Å².